The van der Waals surface area contributed by atoms with Gasteiger partial charge in [-0.2, -0.15) is 0 Å². The van der Waals surface area contributed by atoms with Crippen LogP contribution < -0.4 is 5.32 Å². The SMILES string of the molecule is CCC(NC1C2CC3CC(C2)CC1C3)C1CC1. The number of nitrogens with one attached hydrogen (secondary N) is 1. The molecule has 1 atom stereocenters. The van der Waals surface area contributed by atoms with E-state index in [0.29, 0.717) is 0 Å². The number of rotatable bonds is 4. The van der Waals surface area contributed by atoms with Crippen molar-refractivity contribution in [2.24, 2.45) is 29.6 Å². The first-order valence-corrected chi connectivity index (χ1v) is 8.09. The Hall–Kier alpha value is -0.0400. The number of hydrogen-bond acceptors (Lipinski definition) is 1. The minimum absolute atomic E-state index is 0.859. The molecule has 1 unspecified atom stereocenters. The van der Waals surface area contributed by atoms with Gasteiger partial charge in [0.05, 0.1) is 0 Å². The van der Waals surface area contributed by atoms with Crippen LogP contribution in [-0.2, 0) is 0 Å². The van der Waals surface area contributed by atoms with E-state index in [1.54, 1.807) is 32.1 Å². The first-order chi connectivity index (χ1) is 8.33. The Kier molecular flexibility index (Phi) is 2.54. The Bertz CT molecular complexity index is 266. The van der Waals surface area contributed by atoms with Gasteiger partial charge in [-0.05, 0) is 81.0 Å². The molecule has 5 saturated carbocycles. The zero-order valence-electron chi connectivity index (χ0n) is 11.2. The standard InChI is InChI=1S/C16H27N/c1-2-15(12-3-4-12)17-16-13-6-10-5-11(8-13)9-14(16)7-10/h10-17H,2-9H2,1H3. The summed E-state index contributed by atoms with van der Waals surface area (Å²) in [5.41, 5.74) is 0. The van der Waals surface area contributed by atoms with Gasteiger partial charge in [0.25, 0.3) is 0 Å². The molecular weight excluding hydrogens is 206 g/mol. The normalized spacial score (nSPS) is 49.6. The first kappa shape index (κ1) is 10.8. The molecule has 0 radical (unpaired) electrons. The maximum Gasteiger partial charge on any atom is 0.0127 e. The Balaban J connectivity index is 1.46. The highest BCUT2D eigenvalue weighted by Gasteiger charge is 2.49. The molecule has 4 bridgehead atoms. The third-order valence-corrected chi connectivity index (χ3v) is 6.26. The van der Waals surface area contributed by atoms with Crippen molar-refractivity contribution < 1.29 is 0 Å². The van der Waals surface area contributed by atoms with Crippen molar-refractivity contribution in [3.63, 3.8) is 0 Å². The Morgan fingerprint density at radius 2 is 1.53 bits per heavy atom. The molecule has 0 amide bonds. The van der Waals surface area contributed by atoms with Crippen molar-refractivity contribution in [3.8, 4) is 0 Å². The highest BCUT2D eigenvalue weighted by Crippen LogP contribution is 2.54. The quantitative estimate of drug-likeness (QED) is 0.782. The van der Waals surface area contributed by atoms with Crippen LogP contribution in [0.4, 0.5) is 0 Å². The van der Waals surface area contributed by atoms with Gasteiger partial charge in [-0.3, -0.25) is 0 Å². The van der Waals surface area contributed by atoms with Crippen LogP contribution in [0.5, 0.6) is 0 Å². The van der Waals surface area contributed by atoms with Gasteiger partial charge in [0.1, 0.15) is 0 Å². The second-order valence-corrected chi connectivity index (χ2v) is 7.48. The van der Waals surface area contributed by atoms with E-state index in [1.165, 1.54) is 19.3 Å². The molecule has 1 N–H and O–H groups in total. The third kappa shape index (κ3) is 1.85. The van der Waals surface area contributed by atoms with Crippen molar-refractivity contribution in [1.82, 2.24) is 5.32 Å². The van der Waals surface area contributed by atoms with Gasteiger partial charge in [0, 0.05) is 12.1 Å². The van der Waals surface area contributed by atoms with Gasteiger partial charge < -0.3 is 5.32 Å². The fourth-order valence-corrected chi connectivity index (χ4v) is 5.53. The lowest BCUT2D eigenvalue weighted by atomic mass is 9.54. The summed E-state index contributed by atoms with van der Waals surface area (Å²) in [5.74, 6) is 5.39. The average Bonchev–Trinajstić information content (AvgIpc) is 3.12. The fraction of sp³-hybridized carbons (Fsp3) is 1.00. The van der Waals surface area contributed by atoms with Crippen LogP contribution in [0.25, 0.3) is 0 Å². The number of hydrogen-bond donors (Lipinski definition) is 1. The molecule has 5 rings (SSSR count). The first-order valence-electron chi connectivity index (χ1n) is 8.09. The van der Waals surface area contributed by atoms with Crippen molar-refractivity contribution in [3.05, 3.63) is 0 Å². The molecule has 5 aliphatic rings. The lowest BCUT2D eigenvalue weighted by molar-refractivity contribution is -0.0187. The molecule has 1 nitrogen and oxygen atoms in total. The summed E-state index contributed by atoms with van der Waals surface area (Å²) < 4.78 is 0. The Labute approximate surface area is 106 Å². The van der Waals surface area contributed by atoms with Crippen LogP contribution in [-0.4, -0.2) is 12.1 Å². The third-order valence-electron chi connectivity index (χ3n) is 6.26. The van der Waals surface area contributed by atoms with E-state index in [9.17, 15) is 0 Å². The van der Waals surface area contributed by atoms with Crippen LogP contribution in [0, 0.1) is 29.6 Å². The molecule has 0 heterocycles. The molecule has 5 aliphatic carbocycles. The summed E-state index contributed by atoms with van der Waals surface area (Å²) in [4.78, 5) is 0. The Morgan fingerprint density at radius 3 is 2.00 bits per heavy atom. The summed E-state index contributed by atoms with van der Waals surface area (Å²) in [6, 6.07) is 1.77. The van der Waals surface area contributed by atoms with E-state index in [0.717, 1.165) is 41.7 Å². The summed E-state index contributed by atoms with van der Waals surface area (Å²) in [6.07, 6.45) is 12.2. The summed E-state index contributed by atoms with van der Waals surface area (Å²) >= 11 is 0. The van der Waals surface area contributed by atoms with E-state index < -0.39 is 0 Å². The minimum Gasteiger partial charge on any atom is -0.310 e. The van der Waals surface area contributed by atoms with E-state index >= 15 is 0 Å². The van der Waals surface area contributed by atoms with Gasteiger partial charge in [-0.15, -0.1) is 0 Å². The van der Waals surface area contributed by atoms with Crippen LogP contribution in [0.2, 0.25) is 0 Å². The molecule has 0 spiro atoms. The summed E-state index contributed by atoms with van der Waals surface area (Å²) in [5, 5.41) is 4.11. The summed E-state index contributed by atoms with van der Waals surface area (Å²) in [7, 11) is 0. The summed E-state index contributed by atoms with van der Waals surface area (Å²) in [6.45, 7) is 2.38. The van der Waals surface area contributed by atoms with Gasteiger partial charge in [-0.25, -0.2) is 0 Å². The Morgan fingerprint density at radius 1 is 0.941 bits per heavy atom. The smallest absolute Gasteiger partial charge is 0.0127 e. The van der Waals surface area contributed by atoms with Crippen molar-refractivity contribution in [1.29, 1.82) is 0 Å². The van der Waals surface area contributed by atoms with E-state index in [4.69, 9.17) is 0 Å². The van der Waals surface area contributed by atoms with Crippen molar-refractivity contribution in [2.45, 2.75) is 70.4 Å². The van der Waals surface area contributed by atoms with Crippen molar-refractivity contribution in [2.75, 3.05) is 0 Å². The molecular formula is C16H27N. The van der Waals surface area contributed by atoms with Gasteiger partial charge >= 0.3 is 0 Å². The topological polar surface area (TPSA) is 12.0 Å². The highest BCUT2D eigenvalue weighted by molar-refractivity contribution is 5.03. The zero-order valence-corrected chi connectivity index (χ0v) is 11.2. The van der Waals surface area contributed by atoms with Crippen LogP contribution in [0.15, 0.2) is 0 Å². The lowest BCUT2D eigenvalue weighted by Gasteiger charge is -2.55. The minimum atomic E-state index is 0.859. The molecule has 5 fully saturated rings. The molecule has 0 aromatic carbocycles. The molecule has 0 aliphatic heterocycles. The van der Waals surface area contributed by atoms with E-state index in [1.807, 2.05) is 0 Å². The van der Waals surface area contributed by atoms with Crippen molar-refractivity contribution >= 4 is 0 Å². The highest BCUT2D eigenvalue weighted by atomic mass is 15.0. The predicted octanol–water partition coefficient (Wildman–Crippen LogP) is 3.59. The van der Waals surface area contributed by atoms with Crippen LogP contribution >= 0.6 is 0 Å². The lowest BCUT2D eigenvalue weighted by Crippen LogP contribution is -2.57. The molecule has 0 saturated heterocycles. The van der Waals surface area contributed by atoms with Crippen LogP contribution in [0.1, 0.15) is 58.3 Å². The predicted molar refractivity (Wildman–Crippen MR) is 70.8 cm³/mol. The van der Waals surface area contributed by atoms with Gasteiger partial charge in [0.2, 0.25) is 0 Å². The van der Waals surface area contributed by atoms with Crippen LogP contribution in [0.3, 0.4) is 0 Å². The second-order valence-electron chi connectivity index (χ2n) is 7.48. The van der Waals surface area contributed by atoms with E-state index in [2.05, 4.69) is 12.2 Å². The maximum atomic E-state index is 4.11. The largest absolute Gasteiger partial charge is 0.310 e. The molecule has 0 aromatic heterocycles. The fourth-order valence-electron chi connectivity index (χ4n) is 5.53. The van der Waals surface area contributed by atoms with E-state index in [-0.39, 0.29) is 0 Å². The monoisotopic (exact) mass is 233 g/mol. The molecule has 17 heavy (non-hydrogen) atoms. The maximum absolute atomic E-state index is 4.11. The second kappa shape index (κ2) is 3.98. The molecule has 0 aromatic rings. The molecule has 1 heteroatoms. The molecule has 96 valence electrons. The zero-order chi connectivity index (χ0) is 11.4. The van der Waals surface area contributed by atoms with Gasteiger partial charge in [-0.1, -0.05) is 6.92 Å². The average molecular weight is 233 g/mol. The van der Waals surface area contributed by atoms with Gasteiger partial charge in [0.15, 0.2) is 0 Å².